The summed E-state index contributed by atoms with van der Waals surface area (Å²) in [6.45, 7) is 5.95. The van der Waals surface area contributed by atoms with Crippen LogP contribution in [0.4, 0.5) is 0 Å². The molecule has 0 radical (unpaired) electrons. The SMILES string of the molecule is CCCCCCCCCCCCC(B(Cc1ccc(OC)cc1)Cc1ccc(OC)cc1)c1ccc(OC)cc1.CC[n+]1ccccc1. The quantitative estimate of drug-likeness (QED) is 0.0511. The van der Waals surface area contributed by atoms with Gasteiger partial charge in [-0.3, -0.25) is 0 Å². The molecule has 1 heterocycles. The van der Waals surface area contributed by atoms with Gasteiger partial charge in [0, 0.05) is 12.1 Å². The molecule has 0 spiro atoms. The van der Waals surface area contributed by atoms with E-state index in [0.29, 0.717) is 12.5 Å². The number of nitrogens with zero attached hydrogens (tertiary/aromatic N) is 1. The predicted octanol–water partition coefficient (Wildman–Crippen LogP) is 10.7. The van der Waals surface area contributed by atoms with Gasteiger partial charge in [-0.2, -0.15) is 0 Å². The molecular weight excluding hydrogens is 589 g/mol. The molecule has 1 atom stereocenters. The van der Waals surface area contributed by atoms with Gasteiger partial charge < -0.3 is 14.2 Å². The number of methoxy groups -OCH3 is 3. The van der Waals surface area contributed by atoms with E-state index in [1.54, 1.807) is 21.3 Å². The molecule has 4 aromatic rings. The Morgan fingerprint density at radius 2 is 0.938 bits per heavy atom. The van der Waals surface area contributed by atoms with Gasteiger partial charge in [-0.1, -0.05) is 137 Å². The zero-order chi connectivity index (χ0) is 34.2. The smallest absolute Gasteiger partial charge is 0.168 e. The van der Waals surface area contributed by atoms with Crippen LogP contribution < -0.4 is 18.8 Å². The van der Waals surface area contributed by atoms with Crippen LogP contribution in [0, 0.1) is 0 Å². The third-order valence-electron chi connectivity index (χ3n) is 9.44. The number of benzene rings is 3. The van der Waals surface area contributed by atoms with Crippen LogP contribution in [0.15, 0.2) is 103 Å². The summed E-state index contributed by atoms with van der Waals surface area (Å²) in [6.07, 6.45) is 21.0. The van der Waals surface area contributed by atoms with E-state index in [1.165, 1.54) is 87.3 Å². The molecule has 0 amide bonds. The second kappa shape index (κ2) is 23.6. The van der Waals surface area contributed by atoms with Crippen molar-refractivity contribution in [2.45, 2.75) is 109 Å². The van der Waals surface area contributed by atoms with Crippen LogP contribution in [0.1, 0.15) is 107 Å². The lowest BCUT2D eigenvalue weighted by Crippen LogP contribution is -2.30. The summed E-state index contributed by atoms with van der Waals surface area (Å²) in [7, 11) is 5.20. The first-order valence-electron chi connectivity index (χ1n) is 18.4. The van der Waals surface area contributed by atoms with E-state index in [2.05, 4.69) is 104 Å². The molecule has 3 aromatic carbocycles. The Labute approximate surface area is 293 Å². The minimum atomic E-state index is 0.476. The highest BCUT2D eigenvalue weighted by atomic mass is 16.5. The Hall–Kier alpha value is -3.73. The van der Waals surface area contributed by atoms with Gasteiger partial charge in [0.1, 0.15) is 23.8 Å². The van der Waals surface area contributed by atoms with Gasteiger partial charge in [0.2, 0.25) is 0 Å². The van der Waals surface area contributed by atoms with Gasteiger partial charge >= 0.3 is 0 Å². The molecule has 4 rings (SSSR count). The Kier molecular flexibility index (Phi) is 19.0. The van der Waals surface area contributed by atoms with E-state index in [0.717, 1.165) is 36.4 Å². The molecule has 0 fully saturated rings. The van der Waals surface area contributed by atoms with Gasteiger partial charge in [-0.05, 0) is 61.8 Å². The van der Waals surface area contributed by atoms with E-state index in [4.69, 9.17) is 14.2 Å². The summed E-state index contributed by atoms with van der Waals surface area (Å²) >= 11 is 0. The summed E-state index contributed by atoms with van der Waals surface area (Å²) in [5.74, 6) is 3.22. The van der Waals surface area contributed by atoms with E-state index < -0.39 is 0 Å². The number of unbranched alkanes of at least 4 members (excludes halogenated alkanes) is 9. The van der Waals surface area contributed by atoms with E-state index in [9.17, 15) is 0 Å². The number of aromatic nitrogens is 1. The van der Waals surface area contributed by atoms with Crippen molar-refractivity contribution >= 4 is 6.71 Å². The molecule has 1 aromatic heterocycles. The Morgan fingerprint density at radius 1 is 0.521 bits per heavy atom. The summed E-state index contributed by atoms with van der Waals surface area (Å²) in [4.78, 5) is 0. The van der Waals surface area contributed by atoms with Crippen LogP contribution in [0.2, 0.25) is 0 Å². The second-order valence-corrected chi connectivity index (χ2v) is 12.9. The van der Waals surface area contributed by atoms with Crippen molar-refractivity contribution in [2.75, 3.05) is 21.3 Å². The number of rotatable bonds is 21. The molecule has 0 saturated heterocycles. The van der Waals surface area contributed by atoms with E-state index in [-0.39, 0.29) is 0 Å². The summed E-state index contributed by atoms with van der Waals surface area (Å²) in [5, 5.41) is 0. The topological polar surface area (TPSA) is 31.6 Å². The highest BCUT2D eigenvalue weighted by Crippen LogP contribution is 2.31. The average molecular weight is 651 g/mol. The maximum atomic E-state index is 5.49. The molecule has 4 nitrogen and oxygen atoms in total. The fraction of sp³-hybridized carbons (Fsp3) is 0.465. The third-order valence-corrected chi connectivity index (χ3v) is 9.44. The highest BCUT2D eigenvalue weighted by Gasteiger charge is 2.27. The van der Waals surface area contributed by atoms with Gasteiger partial charge in [-0.15, -0.1) is 0 Å². The molecule has 0 saturated carbocycles. The molecular formula is C43H61BNO3+. The second-order valence-electron chi connectivity index (χ2n) is 12.9. The number of ether oxygens (including phenoxy) is 3. The summed E-state index contributed by atoms with van der Waals surface area (Å²) < 4.78 is 18.5. The van der Waals surface area contributed by atoms with E-state index >= 15 is 0 Å². The molecule has 0 aliphatic heterocycles. The fourth-order valence-electron chi connectivity index (χ4n) is 6.51. The molecule has 258 valence electrons. The summed E-state index contributed by atoms with van der Waals surface area (Å²) in [6, 6.07) is 32.2. The van der Waals surface area contributed by atoms with Crippen LogP contribution in [-0.2, 0) is 19.2 Å². The van der Waals surface area contributed by atoms with Crippen molar-refractivity contribution in [2.24, 2.45) is 0 Å². The van der Waals surface area contributed by atoms with Gasteiger partial charge in [-0.25, -0.2) is 4.57 Å². The molecule has 48 heavy (non-hydrogen) atoms. The lowest BCUT2D eigenvalue weighted by molar-refractivity contribution is -0.693. The molecule has 1 unspecified atom stereocenters. The standard InChI is InChI=1S/C36H51BO3.C7H10N/c1-5-6-7-8-9-10-11-12-13-14-15-36(32-20-26-35(40-4)27-21-32)37(28-30-16-22-33(38-2)23-17-30)29-31-18-24-34(39-3)25-19-31;1-2-8-6-4-3-5-7-8/h16-27,36H,5-15,28-29H2,1-4H3;3-7H,2H2,1H3/q;+1. The molecule has 5 heteroatoms. The van der Waals surface area contributed by atoms with Gasteiger partial charge in [0.05, 0.1) is 21.3 Å². The third kappa shape index (κ3) is 14.6. The van der Waals surface area contributed by atoms with Crippen molar-refractivity contribution in [3.63, 3.8) is 0 Å². The van der Waals surface area contributed by atoms with Crippen LogP contribution >= 0.6 is 0 Å². The maximum Gasteiger partial charge on any atom is 0.168 e. The van der Waals surface area contributed by atoms with Crippen LogP contribution in [0.5, 0.6) is 17.2 Å². The van der Waals surface area contributed by atoms with Crippen molar-refractivity contribution in [3.8, 4) is 17.2 Å². The lowest BCUT2D eigenvalue weighted by atomic mass is 9.34. The first-order chi connectivity index (χ1) is 23.6. The predicted molar refractivity (Wildman–Crippen MR) is 204 cm³/mol. The lowest BCUT2D eigenvalue weighted by Gasteiger charge is -2.26. The van der Waals surface area contributed by atoms with Crippen LogP contribution in [0.25, 0.3) is 0 Å². The zero-order valence-corrected chi connectivity index (χ0v) is 30.5. The first kappa shape index (κ1) is 38.7. The molecule has 0 aliphatic carbocycles. The van der Waals surface area contributed by atoms with Crippen molar-refractivity contribution < 1.29 is 18.8 Å². The number of pyridine rings is 1. The fourth-order valence-corrected chi connectivity index (χ4v) is 6.51. The minimum absolute atomic E-state index is 0.476. The normalized spacial score (nSPS) is 11.3. The van der Waals surface area contributed by atoms with Crippen LogP contribution in [-0.4, -0.2) is 28.0 Å². The molecule has 0 N–H and O–H groups in total. The number of hydrogen-bond donors (Lipinski definition) is 0. The van der Waals surface area contributed by atoms with Gasteiger partial charge in [0.15, 0.2) is 19.1 Å². The summed E-state index contributed by atoms with van der Waals surface area (Å²) in [5.41, 5.74) is 4.14. The van der Waals surface area contributed by atoms with Crippen molar-refractivity contribution in [1.82, 2.24) is 0 Å². The Balaban J connectivity index is 0.000000681. The minimum Gasteiger partial charge on any atom is -0.497 e. The first-order valence-corrected chi connectivity index (χ1v) is 18.4. The molecule has 0 bridgehead atoms. The number of aryl methyl sites for hydroxylation is 1. The van der Waals surface area contributed by atoms with Crippen molar-refractivity contribution in [1.29, 1.82) is 0 Å². The van der Waals surface area contributed by atoms with Crippen molar-refractivity contribution in [3.05, 3.63) is 120 Å². The number of hydrogen-bond acceptors (Lipinski definition) is 3. The highest BCUT2D eigenvalue weighted by molar-refractivity contribution is 6.59. The monoisotopic (exact) mass is 650 g/mol. The Morgan fingerprint density at radius 3 is 1.33 bits per heavy atom. The Bertz CT molecular complexity index is 1290. The van der Waals surface area contributed by atoms with E-state index in [1.807, 2.05) is 18.2 Å². The van der Waals surface area contributed by atoms with Crippen LogP contribution in [0.3, 0.4) is 0 Å². The average Bonchev–Trinajstić information content (AvgIpc) is 3.15. The zero-order valence-electron chi connectivity index (χ0n) is 30.5. The van der Waals surface area contributed by atoms with Gasteiger partial charge in [0.25, 0.3) is 0 Å². The molecule has 0 aliphatic rings. The maximum absolute atomic E-state index is 5.49. The largest absolute Gasteiger partial charge is 0.497 e.